The quantitative estimate of drug-likeness (QED) is 0.295. The van der Waals surface area contributed by atoms with Crippen LogP contribution in [0, 0.1) is 0 Å². The van der Waals surface area contributed by atoms with Crippen LogP contribution in [0.4, 0.5) is 0 Å². The molecule has 9 heavy (non-hydrogen) atoms. The van der Waals surface area contributed by atoms with Crippen molar-refractivity contribution in [2.75, 3.05) is 6.61 Å². The molecule has 0 heterocycles. The third-order valence-corrected chi connectivity index (χ3v) is 0.996. The van der Waals surface area contributed by atoms with Gasteiger partial charge in [0.25, 0.3) is 0 Å². The van der Waals surface area contributed by atoms with Gasteiger partial charge in [0.05, 0.1) is 6.61 Å². The molecule has 0 aromatic heterocycles. The second kappa shape index (κ2) is 11.5. The van der Waals surface area contributed by atoms with Crippen molar-refractivity contribution in [2.24, 2.45) is 0 Å². The molecule has 0 aliphatic carbocycles. The van der Waals surface area contributed by atoms with Gasteiger partial charge >= 0.3 is 29.6 Å². The average molecular weight is 138 g/mol. The summed E-state index contributed by atoms with van der Waals surface area (Å²) in [6.07, 6.45) is 7.38. The Hall–Kier alpha value is 0.700. The third kappa shape index (κ3) is 12.0. The van der Waals surface area contributed by atoms with E-state index in [1.165, 1.54) is 12.8 Å². The Kier molecular flexibility index (Phi) is 15.8. The van der Waals surface area contributed by atoms with E-state index in [1.807, 2.05) is 6.08 Å². The summed E-state index contributed by atoms with van der Waals surface area (Å²) in [6.45, 7) is 2.34. The number of aliphatic hydroxyl groups is 1. The van der Waals surface area contributed by atoms with E-state index in [9.17, 15) is 0 Å². The summed E-state index contributed by atoms with van der Waals surface area (Å²) in [6, 6.07) is 0. The van der Waals surface area contributed by atoms with Crippen molar-refractivity contribution in [3.05, 3.63) is 12.2 Å². The topological polar surface area (TPSA) is 20.2 Å². The van der Waals surface area contributed by atoms with Crippen molar-refractivity contribution < 1.29 is 36.1 Å². The van der Waals surface area contributed by atoms with Crippen LogP contribution in [0.15, 0.2) is 12.2 Å². The zero-order chi connectivity index (χ0) is 6.24. The summed E-state index contributed by atoms with van der Waals surface area (Å²) in [5.41, 5.74) is 0. The molecule has 0 aliphatic rings. The predicted molar refractivity (Wildman–Crippen MR) is 36.9 cm³/mol. The van der Waals surface area contributed by atoms with Gasteiger partial charge in [0.2, 0.25) is 0 Å². The smallest absolute Gasteiger partial charge is 1.00 e. The molecule has 0 saturated heterocycles. The Morgan fingerprint density at radius 1 is 1.44 bits per heavy atom. The van der Waals surface area contributed by atoms with Crippen molar-refractivity contribution >= 4 is 0 Å². The molecular weight excluding hydrogens is 123 g/mol. The first-order valence-corrected chi connectivity index (χ1v) is 3.17. The van der Waals surface area contributed by atoms with Crippen molar-refractivity contribution in [3.8, 4) is 0 Å². The van der Waals surface area contributed by atoms with E-state index >= 15 is 0 Å². The molecule has 0 spiro atoms. The van der Waals surface area contributed by atoms with Crippen molar-refractivity contribution in [1.82, 2.24) is 0 Å². The van der Waals surface area contributed by atoms with Crippen molar-refractivity contribution in [2.45, 2.75) is 26.2 Å². The SMILES string of the molecule is CCCCC=CCO.[H-].[Na+]. The zero-order valence-corrected chi connectivity index (χ0v) is 8.43. The van der Waals surface area contributed by atoms with E-state index in [2.05, 4.69) is 6.92 Å². The van der Waals surface area contributed by atoms with E-state index in [1.54, 1.807) is 6.08 Å². The maximum atomic E-state index is 8.28. The van der Waals surface area contributed by atoms with Gasteiger partial charge in [0.1, 0.15) is 0 Å². The van der Waals surface area contributed by atoms with Crippen LogP contribution >= 0.6 is 0 Å². The van der Waals surface area contributed by atoms with Crippen LogP contribution in [-0.4, -0.2) is 11.7 Å². The summed E-state index contributed by atoms with van der Waals surface area (Å²) in [7, 11) is 0. The second-order valence-corrected chi connectivity index (χ2v) is 1.80. The fourth-order valence-corrected chi connectivity index (χ4v) is 0.514. The molecule has 1 N–H and O–H groups in total. The number of rotatable bonds is 4. The van der Waals surface area contributed by atoms with Gasteiger partial charge in [0, 0.05) is 0 Å². The molecule has 0 aromatic rings. The Morgan fingerprint density at radius 3 is 2.56 bits per heavy atom. The molecule has 1 nitrogen and oxygen atoms in total. The minimum Gasteiger partial charge on any atom is -1.00 e. The van der Waals surface area contributed by atoms with Gasteiger partial charge in [-0.25, -0.2) is 0 Å². The van der Waals surface area contributed by atoms with E-state index in [-0.39, 0.29) is 37.6 Å². The second-order valence-electron chi connectivity index (χ2n) is 1.80. The first kappa shape index (κ1) is 12.4. The first-order chi connectivity index (χ1) is 3.91. The van der Waals surface area contributed by atoms with Crippen LogP contribution in [0.1, 0.15) is 27.6 Å². The van der Waals surface area contributed by atoms with Crippen LogP contribution in [0.5, 0.6) is 0 Å². The summed E-state index contributed by atoms with van der Waals surface area (Å²) in [5.74, 6) is 0. The average Bonchev–Trinajstić information content (AvgIpc) is 1.81. The molecular formula is C7H15NaO. The van der Waals surface area contributed by atoms with E-state index in [4.69, 9.17) is 5.11 Å². The molecule has 0 rings (SSSR count). The van der Waals surface area contributed by atoms with Crippen LogP contribution in [0.3, 0.4) is 0 Å². The van der Waals surface area contributed by atoms with Gasteiger partial charge in [-0.1, -0.05) is 31.9 Å². The van der Waals surface area contributed by atoms with Crippen molar-refractivity contribution in [3.63, 3.8) is 0 Å². The Labute approximate surface area is 80.9 Å². The molecule has 2 heteroatoms. The standard InChI is InChI=1S/C7H14O.Na.H/c1-2-3-4-5-6-7-8;;/h5-6,8H,2-4,7H2,1H3;;/q;+1;-1. The van der Waals surface area contributed by atoms with Crippen LogP contribution in [0.25, 0.3) is 0 Å². The van der Waals surface area contributed by atoms with Gasteiger partial charge in [-0.3, -0.25) is 0 Å². The van der Waals surface area contributed by atoms with Gasteiger partial charge in [-0.15, -0.1) is 0 Å². The maximum Gasteiger partial charge on any atom is 1.00 e. The van der Waals surface area contributed by atoms with Gasteiger partial charge in [-0.2, -0.15) is 0 Å². The minimum atomic E-state index is 0. The van der Waals surface area contributed by atoms with E-state index < -0.39 is 0 Å². The fourth-order valence-electron chi connectivity index (χ4n) is 0.514. The Balaban J connectivity index is -0.000000245. The molecule has 0 atom stereocenters. The molecule has 0 aromatic carbocycles. The van der Waals surface area contributed by atoms with Gasteiger partial charge < -0.3 is 6.53 Å². The molecule has 0 saturated carbocycles. The van der Waals surface area contributed by atoms with E-state index in [0.29, 0.717) is 0 Å². The Bertz CT molecular complexity index is 66.6. The van der Waals surface area contributed by atoms with Crippen molar-refractivity contribution in [1.29, 1.82) is 0 Å². The first-order valence-electron chi connectivity index (χ1n) is 3.17. The minimum absolute atomic E-state index is 0. The van der Waals surface area contributed by atoms with Crippen LogP contribution in [0.2, 0.25) is 0 Å². The molecule has 0 radical (unpaired) electrons. The number of allylic oxidation sites excluding steroid dienone is 1. The molecule has 0 amide bonds. The summed E-state index contributed by atoms with van der Waals surface area (Å²) >= 11 is 0. The summed E-state index contributed by atoms with van der Waals surface area (Å²) in [4.78, 5) is 0. The monoisotopic (exact) mass is 138 g/mol. The van der Waals surface area contributed by atoms with E-state index in [0.717, 1.165) is 6.42 Å². The number of aliphatic hydroxyl groups excluding tert-OH is 1. The largest absolute Gasteiger partial charge is 1.00 e. The zero-order valence-electron chi connectivity index (χ0n) is 7.43. The van der Waals surface area contributed by atoms with Crippen LogP contribution in [-0.2, 0) is 0 Å². The third-order valence-electron chi connectivity index (χ3n) is 0.996. The predicted octanol–water partition coefficient (Wildman–Crippen LogP) is -1.16. The molecule has 50 valence electrons. The van der Waals surface area contributed by atoms with Gasteiger partial charge in [-0.05, 0) is 6.42 Å². The normalized spacial score (nSPS) is 9.56. The summed E-state index contributed by atoms with van der Waals surface area (Å²) in [5, 5.41) is 8.28. The van der Waals surface area contributed by atoms with Crippen LogP contribution < -0.4 is 29.6 Å². The molecule has 0 aliphatic heterocycles. The number of hydrogen-bond donors (Lipinski definition) is 1. The molecule has 0 fully saturated rings. The maximum absolute atomic E-state index is 8.28. The Morgan fingerprint density at radius 2 is 2.11 bits per heavy atom. The fraction of sp³-hybridized carbons (Fsp3) is 0.714. The van der Waals surface area contributed by atoms with Gasteiger partial charge in [0.15, 0.2) is 0 Å². The molecule has 0 bridgehead atoms. The number of unbranched alkanes of at least 4 members (excludes halogenated alkanes) is 2. The summed E-state index contributed by atoms with van der Waals surface area (Å²) < 4.78 is 0. The molecule has 0 unspecified atom stereocenters. The number of hydrogen-bond acceptors (Lipinski definition) is 1.